The SMILES string of the molecule is CN=C(NCCCSC)NCCc1c[nH]c2cccc(C)c12.I. The molecule has 128 valence electrons. The third-order valence-electron chi connectivity index (χ3n) is 3.72. The Morgan fingerprint density at radius 1 is 1.26 bits per heavy atom. The van der Waals surface area contributed by atoms with Crippen LogP contribution in [0, 0.1) is 6.92 Å². The molecule has 0 aliphatic carbocycles. The highest BCUT2D eigenvalue weighted by molar-refractivity contribution is 14.0. The van der Waals surface area contributed by atoms with Crippen LogP contribution >= 0.6 is 35.7 Å². The molecule has 0 bridgehead atoms. The van der Waals surface area contributed by atoms with Crippen LogP contribution in [-0.4, -0.2) is 43.1 Å². The van der Waals surface area contributed by atoms with Gasteiger partial charge in [0.25, 0.3) is 0 Å². The first-order chi connectivity index (χ1) is 10.8. The normalized spacial score (nSPS) is 11.3. The largest absolute Gasteiger partial charge is 0.361 e. The molecule has 0 saturated heterocycles. The van der Waals surface area contributed by atoms with Crippen LogP contribution < -0.4 is 10.6 Å². The van der Waals surface area contributed by atoms with Gasteiger partial charge in [0.05, 0.1) is 0 Å². The van der Waals surface area contributed by atoms with Gasteiger partial charge < -0.3 is 15.6 Å². The number of nitrogens with one attached hydrogen (secondary N) is 3. The maximum absolute atomic E-state index is 4.26. The molecule has 0 unspecified atom stereocenters. The summed E-state index contributed by atoms with van der Waals surface area (Å²) in [6, 6.07) is 6.39. The monoisotopic (exact) mass is 446 g/mol. The van der Waals surface area contributed by atoms with Crippen molar-refractivity contribution in [2.75, 3.05) is 32.1 Å². The predicted octanol–water partition coefficient (Wildman–Crippen LogP) is 3.55. The van der Waals surface area contributed by atoms with Crippen molar-refractivity contribution in [1.29, 1.82) is 0 Å². The van der Waals surface area contributed by atoms with Gasteiger partial charge in [0.2, 0.25) is 0 Å². The van der Waals surface area contributed by atoms with Crippen LogP contribution in [0.1, 0.15) is 17.5 Å². The lowest BCUT2D eigenvalue weighted by Gasteiger charge is -2.11. The van der Waals surface area contributed by atoms with Gasteiger partial charge in [0, 0.05) is 37.2 Å². The summed E-state index contributed by atoms with van der Waals surface area (Å²) in [6.45, 7) is 4.01. The van der Waals surface area contributed by atoms with E-state index in [9.17, 15) is 0 Å². The number of halogens is 1. The zero-order chi connectivity index (χ0) is 15.8. The third-order valence-corrected chi connectivity index (χ3v) is 4.42. The maximum atomic E-state index is 4.26. The van der Waals surface area contributed by atoms with Crippen LogP contribution in [0.5, 0.6) is 0 Å². The number of aryl methyl sites for hydroxylation is 1. The molecule has 1 heterocycles. The maximum Gasteiger partial charge on any atom is 0.190 e. The van der Waals surface area contributed by atoms with E-state index in [-0.39, 0.29) is 24.0 Å². The van der Waals surface area contributed by atoms with E-state index in [0.717, 1.165) is 31.9 Å². The molecule has 0 atom stereocenters. The molecule has 0 spiro atoms. The number of guanidine groups is 1. The Labute approximate surface area is 160 Å². The number of rotatable bonds is 7. The molecule has 0 aliphatic rings. The van der Waals surface area contributed by atoms with Crippen molar-refractivity contribution in [3.05, 3.63) is 35.5 Å². The molecule has 0 amide bonds. The number of nitrogens with zero attached hydrogens (tertiary/aromatic N) is 1. The number of thioether (sulfide) groups is 1. The highest BCUT2D eigenvalue weighted by Gasteiger charge is 2.06. The molecule has 1 aromatic carbocycles. The van der Waals surface area contributed by atoms with E-state index >= 15 is 0 Å². The first-order valence-corrected chi connectivity index (χ1v) is 9.14. The third kappa shape index (κ3) is 5.91. The summed E-state index contributed by atoms with van der Waals surface area (Å²) < 4.78 is 0. The van der Waals surface area contributed by atoms with E-state index in [0.29, 0.717) is 0 Å². The van der Waals surface area contributed by atoms with Crippen molar-refractivity contribution in [3.63, 3.8) is 0 Å². The van der Waals surface area contributed by atoms with Crippen molar-refractivity contribution in [3.8, 4) is 0 Å². The Kier molecular flexibility index (Phi) is 9.47. The zero-order valence-electron chi connectivity index (χ0n) is 14.1. The molecule has 3 N–H and O–H groups in total. The number of hydrogen-bond donors (Lipinski definition) is 3. The second-order valence-corrected chi connectivity index (χ2v) is 6.32. The van der Waals surface area contributed by atoms with Gasteiger partial charge in [-0.3, -0.25) is 4.99 Å². The van der Waals surface area contributed by atoms with E-state index in [2.05, 4.69) is 58.2 Å². The summed E-state index contributed by atoms with van der Waals surface area (Å²) in [5.74, 6) is 2.07. The lowest BCUT2D eigenvalue weighted by atomic mass is 10.1. The second-order valence-electron chi connectivity index (χ2n) is 5.33. The second kappa shape index (κ2) is 10.8. The first kappa shape index (κ1) is 20.2. The highest BCUT2D eigenvalue weighted by atomic mass is 127. The van der Waals surface area contributed by atoms with Crippen LogP contribution in [0.15, 0.2) is 29.4 Å². The number of hydrogen-bond acceptors (Lipinski definition) is 2. The summed E-state index contributed by atoms with van der Waals surface area (Å²) in [7, 11) is 1.82. The van der Waals surface area contributed by atoms with Gasteiger partial charge in [-0.05, 0) is 49.0 Å². The summed E-state index contributed by atoms with van der Waals surface area (Å²) in [5, 5.41) is 8.09. The Bertz CT molecular complexity index is 624. The minimum atomic E-state index is 0. The lowest BCUT2D eigenvalue weighted by molar-refractivity contribution is 0.778. The number of aromatic amines is 1. The molecule has 0 radical (unpaired) electrons. The van der Waals surface area contributed by atoms with Crippen LogP contribution in [0.2, 0.25) is 0 Å². The van der Waals surface area contributed by atoms with Crippen molar-refractivity contribution in [2.45, 2.75) is 19.8 Å². The van der Waals surface area contributed by atoms with E-state index in [1.54, 1.807) is 0 Å². The molecule has 0 aliphatic heterocycles. The summed E-state index contributed by atoms with van der Waals surface area (Å²) in [4.78, 5) is 7.62. The molecule has 6 heteroatoms. The quantitative estimate of drug-likeness (QED) is 0.264. The van der Waals surface area contributed by atoms with Crippen LogP contribution in [0.4, 0.5) is 0 Å². The van der Waals surface area contributed by atoms with Crippen LogP contribution in [-0.2, 0) is 6.42 Å². The van der Waals surface area contributed by atoms with E-state index < -0.39 is 0 Å². The molecule has 2 rings (SSSR count). The standard InChI is InChI=1S/C17H26N4S.HI/c1-13-6-4-7-15-16(13)14(12-21-15)8-10-20-17(18-2)19-9-5-11-22-3;/h4,6-7,12,21H,5,8-11H2,1-3H3,(H2,18,19,20);1H. The van der Waals surface area contributed by atoms with Gasteiger partial charge in [-0.2, -0.15) is 11.8 Å². The van der Waals surface area contributed by atoms with E-state index in [1.807, 2.05) is 18.8 Å². The minimum absolute atomic E-state index is 0. The molecular formula is C17H27IN4S. The summed E-state index contributed by atoms with van der Waals surface area (Å²) in [5.41, 5.74) is 3.90. The van der Waals surface area contributed by atoms with Gasteiger partial charge >= 0.3 is 0 Å². The van der Waals surface area contributed by atoms with Crippen molar-refractivity contribution in [1.82, 2.24) is 15.6 Å². The van der Waals surface area contributed by atoms with Crippen molar-refractivity contribution in [2.24, 2.45) is 4.99 Å². The van der Waals surface area contributed by atoms with Gasteiger partial charge in [0.1, 0.15) is 0 Å². The summed E-state index contributed by atoms with van der Waals surface area (Å²) >= 11 is 1.88. The Hall–Kier alpha value is -0.890. The average molecular weight is 446 g/mol. The molecule has 23 heavy (non-hydrogen) atoms. The first-order valence-electron chi connectivity index (χ1n) is 7.75. The fourth-order valence-electron chi connectivity index (χ4n) is 2.61. The number of fused-ring (bicyclic) bond motifs is 1. The fraction of sp³-hybridized carbons (Fsp3) is 0.471. The Morgan fingerprint density at radius 3 is 2.78 bits per heavy atom. The average Bonchev–Trinajstić information content (AvgIpc) is 2.94. The zero-order valence-corrected chi connectivity index (χ0v) is 17.3. The minimum Gasteiger partial charge on any atom is -0.361 e. The number of H-pyrrole nitrogens is 1. The van der Waals surface area contributed by atoms with Crippen molar-refractivity contribution >= 4 is 52.6 Å². The Balaban J connectivity index is 0.00000264. The van der Waals surface area contributed by atoms with E-state index in [4.69, 9.17) is 0 Å². The van der Waals surface area contributed by atoms with Gasteiger partial charge in [-0.1, -0.05) is 12.1 Å². The molecule has 0 saturated carbocycles. The number of benzene rings is 1. The van der Waals surface area contributed by atoms with E-state index in [1.165, 1.54) is 27.8 Å². The van der Waals surface area contributed by atoms with Gasteiger partial charge in [-0.25, -0.2) is 0 Å². The lowest BCUT2D eigenvalue weighted by Crippen LogP contribution is -2.38. The van der Waals surface area contributed by atoms with Crippen LogP contribution in [0.25, 0.3) is 10.9 Å². The Morgan fingerprint density at radius 2 is 2.04 bits per heavy atom. The molecular weight excluding hydrogens is 419 g/mol. The van der Waals surface area contributed by atoms with Crippen molar-refractivity contribution < 1.29 is 0 Å². The highest BCUT2D eigenvalue weighted by Crippen LogP contribution is 2.22. The molecule has 0 fully saturated rings. The molecule has 1 aromatic heterocycles. The van der Waals surface area contributed by atoms with Crippen LogP contribution in [0.3, 0.4) is 0 Å². The summed E-state index contributed by atoms with van der Waals surface area (Å²) in [6.07, 6.45) is 6.39. The smallest absolute Gasteiger partial charge is 0.190 e. The van der Waals surface area contributed by atoms with Gasteiger partial charge in [-0.15, -0.1) is 24.0 Å². The fourth-order valence-corrected chi connectivity index (χ4v) is 3.04. The van der Waals surface area contributed by atoms with Gasteiger partial charge in [0.15, 0.2) is 5.96 Å². The number of aliphatic imine (C=N–C) groups is 1. The molecule has 4 nitrogen and oxygen atoms in total. The topological polar surface area (TPSA) is 52.2 Å². The number of aromatic nitrogens is 1. The predicted molar refractivity (Wildman–Crippen MR) is 115 cm³/mol. The molecule has 2 aromatic rings.